The third-order valence-electron chi connectivity index (χ3n) is 2.67. The molecule has 1 aliphatic heterocycles. The summed E-state index contributed by atoms with van der Waals surface area (Å²) in [4.78, 5) is 2.32. The molecular formula is C10H16N2O2S2. The van der Waals surface area contributed by atoms with Crippen molar-refractivity contribution in [2.75, 3.05) is 13.1 Å². The SMILES string of the molecule is Cc1cc(S(=O)(=O)N[C@H]2CCNC2)c(C)s1. The Hall–Kier alpha value is -0.430. The largest absolute Gasteiger partial charge is 0.315 e. The van der Waals surface area contributed by atoms with Crippen LogP contribution in [-0.2, 0) is 10.0 Å². The van der Waals surface area contributed by atoms with Crippen LogP contribution in [0.15, 0.2) is 11.0 Å². The van der Waals surface area contributed by atoms with E-state index < -0.39 is 10.0 Å². The lowest BCUT2D eigenvalue weighted by atomic mass is 10.3. The normalized spacial score (nSPS) is 21.5. The average molecular weight is 260 g/mol. The van der Waals surface area contributed by atoms with Crippen LogP contribution in [0.2, 0.25) is 0 Å². The smallest absolute Gasteiger partial charge is 0.241 e. The van der Waals surface area contributed by atoms with Crippen LogP contribution >= 0.6 is 11.3 Å². The number of nitrogens with one attached hydrogen (secondary N) is 2. The van der Waals surface area contributed by atoms with E-state index in [1.165, 1.54) is 11.3 Å². The fraction of sp³-hybridized carbons (Fsp3) is 0.600. The van der Waals surface area contributed by atoms with E-state index in [2.05, 4.69) is 10.0 Å². The summed E-state index contributed by atoms with van der Waals surface area (Å²) in [6.07, 6.45) is 0.862. The van der Waals surface area contributed by atoms with E-state index in [4.69, 9.17) is 0 Å². The highest BCUT2D eigenvalue weighted by molar-refractivity contribution is 7.89. The van der Waals surface area contributed by atoms with Gasteiger partial charge in [0.05, 0.1) is 4.90 Å². The molecule has 6 heteroatoms. The van der Waals surface area contributed by atoms with Gasteiger partial charge in [0, 0.05) is 22.3 Å². The minimum absolute atomic E-state index is 0.0320. The highest BCUT2D eigenvalue weighted by Crippen LogP contribution is 2.25. The van der Waals surface area contributed by atoms with E-state index in [0.717, 1.165) is 29.3 Å². The van der Waals surface area contributed by atoms with Gasteiger partial charge >= 0.3 is 0 Å². The molecule has 1 aromatic rings. The molecule has 2 heterocycles. The summed E-state index contributed by atoms with van der Waals surface area (Å²) in [5.74, 6) is 0. The van der Waals surface area contributed by atoms with Crippen molar-refractivity contribution in [2.45, 2.75) is 31.2 Å². The third-order valence-corrected chi connectivity index (χ3v) is 5.41. The molecule has 0 radical (unpaired) electrons. The molecule has 0 aromatic carbocycles. The van der Waals surface area contributed by atoms with Crippen molar-refractivity contribution in [2.24, 2.45) is 0 Å². The lowest BCUT2D eigenvalue weighted by molar-refractivity contribution is 0.560. The zero-order chi connectivity index (χ0) is 11.8. The van der Waals surface area contributed by atoms with E-state index in [-0.39, 0.29) is 6.04 Å². The molecule has 16 heavy (non-hydrogen) atoms. The van der Waals surface area contributed by atoms with Crippen molar-refractivity contribution in [1.82, 2.24) is 10.0 Å². The van der Waals surface area contributed by atoms with Crippen LogP contribution in [-0.4, -0.2) is 27.5 Å². The van der Waals surface area contributed by atoms with Crippen molar-refractivity contribution < 1.29 is 8.42 Å². The second kappa shape index (κ2) is 4.44. The van der Waals surface area contributed by atoms with E-state index in [1.54, 1.807) is 6.07 Å². The van der Waals surface area contributed by atoms with E-state index in [1.807, 2.05) is 13.8 Å². The van der Waals surface area contributed by atoms with E-state index >= 15 is 0 Å². The zero-order valence-electron chi connectivity index (χ0n) is 9.41. The molecule has 1 aliphatic rings. The molecular weight excluding hydrogens is 244 g/mol. The Morgan fingerprint density at radius 1 is 1.50 bits per heavy atom. The highest BCUT2D eigenvalue weighted by atomic mass is 32.2. The molecule has 2 N–H and O–H groups in total. The van der Waals surface area contributed by atoms with Gasteiger partial charge in [-0.2, -0.15) is 0 Å². The van der Waals surface area contributed by atoms with Crippen LogP contribution in [0.5, 0.6) is 0 Å². The molecule has 1 fully saturated rings. The van der Waals surface area contributed by atoms with Gasteiger partial charge < -0.3 is 5.32 Å². The quantitative estimate of drug-likeness (QED) is 0.852. The fourth-order valence-corrected chi connectivity index (χ4v) is 4.74. The molecule has 0 aliphatic carbocycles. The maximum absolute atomic E-state index is 12.1. The topological polar surface area (TPSA) is 58.2 Å². The molecule has 0 unspecified atom stereocenters. The first-order valence-corrected chi connectivity index (χ1v) is 7.59. The molecule has 90 valence electrons. The maximum atomic E-state index is 12.1. The van der Waals surface area contributed by atoms with Gasteiger partial charge in [-0.25, -0.2) is 13.1 Å². The number of aryl methyl sites for hydroxylation is 2. The zero-order valence-corrected chi connectivity index (χ0v) is 11.0. The molecule has 0 saturated carbocycles. The number of rotatable bonds is 3. The van der Waals surface area contributed by atoms with Crippen molar-refractivity contribution in [1.29, 1.82) is 0 Å². The summed E-state index contributed by atoms with van der Waals surface area (Å²) in [7, 11) is -3.33. The van der Waals surface area contributed by atoms with Crippen molar-refractivity contribution in [3.8, 4) is 0 Å². The summed E-state index contributed by atoms with van der Waals surface area (Å²) >= 11 is 1.52. The van der Waals surface area contributed by atoms with Gasteiger partial charge in [-0.1, -0.05) is 0 Å². The first-order chi connectivity index (χ1) is 7.49. The Labute approximate surface area is 100 Å². The number of sulfonamides is 1. The standard InChI is InChI=1S/C10H16N2O2S2/c1-7-5-10(8(2)15-7)16(13,14)12-9-3-4-11-6-9/h5,9,11-12H,3-4,6H2,1-2H3/t9-/m0/s1. The summed E-state index contributed by atoms with van der Waals surface area (Å²) < 4.78 is 26.9. The second-order valence-corrected chi connectivity index (χ2v) is 7.23. The monoisotopic (exact) mass is 260 g/mol. The Kier molecular flexibility index (Phi) is 3.34. The number of hydrogen-bond acceptors (Lipinski definition) is 4. The van der Waals surface area contributed by atoms with Crippen molar-refractivity contribution >= 4 is 21.4 Å². The average Bonchev–Trinajstić information content (AvgIpc) is 2.75. The van der Waals surface area contributed by atoms with Crippen LogP contribution in [0.1, 0.15) is 16.2 Å². The molecule has 2 rings (SSSR count). The molecule has 1 atom stereocenters. The summed E-state index contributed by atoms with van der Waals surface area (Å²) in [5.41, 5.74) is 0. The van der Waals surface area contributed by atoms with Gasteiger partial charge in [-0.15, -0.1) is 11.3 Å². The summed E-state index contributed by atoms with van der Waals surface area (Å²) in [6, 6.07) is 1.77. The number of hydrogen-bond donors (Lipinski definition) is 2. The fourth-order valence-electron chi connectivity index (χ4n) is 1.91. The van der Waals surface area contributed by atoms with Gasteiger partial charge in [0.2, 0.25) is 10.0 Å². The first kappa shape index (κ1) is 12.0. The Morgan fingerprint density at radius 2 is 2.25 bits per heavy atom. The highest BCUT2D eigenvalue weighted by Gasteiger charge is 2.24. The Balaban J connectivity index is 2.21. The van der Waals surface area contributed by atoms with Gasteiger partial charge in [0.15, 0.2) is 0 Å². The molecule has 0 bridgehead atoms. The molecule has 0 amide bonds. The molecule has 0 spiro atoms. The molecule has 1 aromatic heterocycles. The lowest BCUT2D eigenvalue weighted by Crippen LogP contribution is -2.36. The minimum Gasteiger partial charge on any atom is -0.315 e. The van der Waals surface area contributed by atoms with Crippen LogP contribution in [0.4, 0.5) is 0 Å². The van der Waals surface area contributed by atoms with Gasteiger partial charge in [0.1, 0.15) is 0 Å². The van der Waals surface area contributed by atoms with Gasteiger partial charge in [0.25, 0.3) is 0 Å². The van der Waals surface area contributed by atoms with Crippen LogP contribution < -0.4 is 10.0 Å². The third kappa shape index (κ3) is 2.45. The Bertz CT molecular complexity index is 473. The van der Waals surface area contributed by atoms with Gasteiger partial charge in [-0.05, 0) is 32.9 Å². The van der Waals surface area contributed by atoms with Gasteiger partial charge in [-0.3, -0.25) is 0 Å². The lowest BCUT2D eigenvalue weighted by Gasteiger charge is -2.11. The molecule has 1 saturated heterocycles. The van der Waals surface area contributed by atoms with E-state index in [0.29, 0.717) is 4.90 Å². The predicted octanol–water partition coefficient (Wildman–Crippen LogP) is 1.01. The van der Waals surface area contributed by atoms with Crippen molar-refractivity contribution in [3.05, 3.63) is 15.8 Å². The number of thiophene rings is 1. The van der Waals surface area contributed by atoms with Crippen LogP contribution in [0.3, 0.4) is 0 Å². The predicted molar refractivity (Wildman–Crippen MR) is 65.4 cm³/mol. The van der Waals surface area contributed by atoms with Crippen LogP contribution in [0, 0.1) is 13.8 Å². The minimum atomic E-state index is -3.33. The first-order valence-electron chi connectivity index (χ1n) is 5.29. The van der Waals surface area contributed by atoms with Crippen LogP contribution in [0.25, 0.3) is 0 Å². The summed E-state index contributed by atoms with van der Waals surface area (Å²) in [6.45, 7) is 5.38. The second-order valence-electron chi connectivity index (χ2n) is 4.09. The molecule has 4 nitrogen and oxygen atoms in total. The summed E-state index contributed by atoms with van der Waals surface area (Å²) in [5, 5.41) is 3.14. The maximum Gasteiger partial charge on any atom is 0.241 e. The Morgan fingerprint density at radius 3 is 2.75 bits per heavy atom. The van der Waals surface area contributed by atoms with Crippen molar-refractivity contribution in [3.63, 3.8) is 0 Å². The van der Waals surface area contributed by atoms with E-state index in [9.17, 15) is 8.42 Å².